The van der Waals surface area contributed by atoms with Crippen LogP contribution in [0.2, 0.25) is 0 Å². The first kappa shape index (κ1) is 18.8. The van der Waals surface area contributed by atoms with Gasteiger partial charge in [0.25, 0.3) is 0 Å². The van der Waals surface area contributed by atoms with Gasteiger partial charge < -0.3 is 14.6 Å². The SMILES string of the molecule is Cc1c(CO)cccc1-n1c(C2CCCO2)nc2cc(OC(F)(F)F)ccc21. The van der Waals surface area contributed by atoms with Crippen molar-refractivity contribution in [1.29, 1.82) is 0 Å². The fraction of sp³-hybridized carbons (Fsp3) is 0.350. The minimum atomic E-state index is -4.76. The zero-order valence-corrected chi connectivity index (χ0v) is 15.2. The Morgan fingerprint density at radius 3 is 2.79 bits per heavy atom. The quantitative estimate of drug-likeness (QED) is 0.706. The van der Waals surface area contributed by atoms with E-state index >= 15 is 0 Å². The second kappa shape index (κ2) is 7.10. The summed E-state index contributed by atoms with van der Waals surface area (Å²) in [5.74, 6) is 0.319. The van der Waals surface area contributed by atoms with Crippen molar-refractivity contribution in [3.8, 4) is 11.4 Å². The van der Waals surface area contributed by atoms with Crippen LogP contribution < -0.4 is 4.74 Å². The first-order valence-corrected chi connectivity index (χ1v) is 8.97. The van der Waals surface area contributed by atoms with E-state index in [9.17, 15) is 18.3 Å². The monoisotopic (exact) mass is 392 g/mol. The predicted octanol–water partition coefficient (Wildman–Crippen LogP) is 4.58. The van der Waals surface area contributed by atoms with Gasteiger partial charge in [-0.1, -0.05) is 12.1 Å². The first-order chi connectivity index (χ1) is 13.4. The lowest BCUT2D eigenvalue weighted by Crippen LogP contribution is -2.17. The Kier molecular flexibility index (Phi) is 4.76. The number of alkyl halides is 3. The van der Waals surface area contributed by atoms with Gasteiger partial charge in [0.1, 0.15) is 17.7 Å². The van der Waals surface area contributed by atoms with Gasteiger partial charge in [-0.05, 0) is 49.1 Å². The maximum atomic E-state index is 12.6. The standard InChI is InChI=1S/C20H19F3N2O3/c1-12-13(11-26)4-2-5-16(12)25-17-8-7-14(28-20(21,22)23)10-15(17)24-19(25)18-6-3-9-27-18/h2,4-5,7-8,10,18,26H,3,6,9,11H2,1H3. The van der Waals surface area contributed by atoms with Crippen LogP contribution in [0.25, 0.3) is 16.7 Å². The molecule has 28 heavy (non-hydrogen) atoms. The molecule has 0 spiro atoms. The van der Waals surface area contributed by atoms with Crippen molar-refractivity contribution < 1.29 is 27.8 Å². The molecule has 1 aromatic heterocycles. The Labute approximate surface area is 159 Å². The van der Waals surface area contributed by atoms with Gasteiger partial charge in [-0.25, -0.2) is 4.98 Å². The van der Waals surface area contributed by atoms with Crippen molar-refractivity contribution in [3.05, 3.63) is 53.3 Å². The molecule has 1 N–H and O–H groups in total. The van der Waals surface area contributed by atoms with Crippen molar-refractivity contribution in [2.45, 2.75) is 38.8 Å². The molecule has 0 aliphatic carbocycles. The Hall–Kier alpha value is -2.58. The van der Waals surface area contributed by atoms with E-state index in [4.69, 9.17) is 4.74 Å². The van der Waals surface area contributed by atoms with E-state index in [2.05, 4.69) is 9.72 Å². The lowest BCUT2D eigenvalue weighted by molar-refractivity contribution is -0.274. The molecule has 4 rings (SSSR count). The number of rotatable bonds is 4. The third-order valence-electron chi connectivity index (χ3n) is 4.93. The van der Waals surface area contributed by atoms with Gasteiger partial charge in [0.15, 0.2) is 0 Å². The lowest BCUT2D eigenvalue weighted by atomic mass is 10.1. The highest BCUT2D eigenvalue weighted by atomic mass is 19.4. The summed E-state index contributed by atoms with van der Waals surface area (Å²) in [4.78, 5) is 4.59. The van der Waals surface area contributed by atoms with Gasteiger partial charge in [-0.2, -0.15) is 0 Å². The Balaban J connectivity index is 1.91. The zero-order chi connectivity index (χ0) is 19.9. The van der Waals surface area contributed by atoms with Crippen LogP contribution in [0.3, 0.4) is 0 Å². The topological polar surface area (TPSA) is 56.5 Å². The highest BCUT2D eigenvalue weighted by molar-refractivity contribution is 5.80. The van der Waals surface area contributed by atoms with E-state index in [0.717, 1.165) is 29.7 Å². The lowest BCUT2D eigenvalue weighted by Gasteiger charge is -2.17. The van der Waals surface area contributed by atoms with Gasteiger partial charge in [-0.3, -0.25) is 4.57 Å². The Morgan fingerprint density at radius 1 is 1.29 bits per heavy atom. The molecule has 148 valence electrons. The van der Waals surface area contributed by atoms with Crippen molar-refractivity contribution in [3.63, 3.8) is 0 Å². The number of hydrogen-bond acceptors (Lipinski definition) is 4. The first-order valence-electron chi connectivity index (χ1n) is 8.97. The molecule has 1 fully saturated rings. The average molecular weight is 392 g/mol. The zero-order valence-electron chi connectivity index (χ0n) is 15.2. The molecule has 2 aromatic carbocycles. The van der Waals surface area contributed by atoms with E-state index in [1.165, 1.54) is 12.1 Å². The highest BCUT2D eigenvalue weighted by Gasteiger charge is 2.32. The van der Waals surface area contributed by atoms with Crippen LogP contribution in [0, 0.1) is 6.92 Å². The van der Waals surface area contributed by atoms with Gasteiger partial charge >= 0.3 is 6.36 Å². The molecular formula is C20H19F3N2O3. The highest BCUT2D eigenvalue weighted by Crippen LogP contribution is 2.35. The summed E-state index contributed by atoms with van der Waals surface area (Å²) in [6.07, 6.45) is -3.32. The number of benzene rings is 2. The third-order valence-corrected chi connectivity index (χ3v) is 4.93. The van der Waals surface area contributed by atoms with Crippen LogP contribution >= 0.6 is 0 Å². The molecule has 1 aliphatic rings. The summed E-state index contributed by atoms with van der Waals surface area (Å²) in [5.41, 5.74) is 3.50. The van der Waals surface area contributed by atoms with Gasteiger partial charge in [0.05, 0.1) is 23.3 Å². The number of fused-ring (bicyclic) bond motifs is 1. The van der Waals surface area contributed by atoms with Gasteiger partial charge in [0.2, 0.25) is 0 Å². The smallest absolute Gasteiger partial charge is 0.406 e. The van der Waals surface area contributed by atoms with Crippen molar-refractivity contribution >= 4 is 11.0 Å². The van der Waals surface area contributed by atoms with Crippen molar-refractivity contribution in [2.75, 3.05) is 6.61 Å². The van der Waals surface area contributed by atoms with Crippen molar-refractivity contribution in [1.82, 2.24) is 9.55 Å². The van der Waals surface area contributed by atoms with Crippen LogP contribution in [0.1, 0.15) is 35.9 Å². The summed E-state index contributed by atoms with van der Waals surface area (Å²) in [7, 11) is 0. The van der Waals surface area contributed by atoms with E-state index < -0.39 is 6.36 Å². The summed E-state index contributed by atoms with van der Waals surface area (Å²) in [6.45, 7) is 2.41. The van der Waals surface area contributed by atoms with Gasteiger partial charge in [0, 0.05) is 12.7 Å². The van der Waals surface area contributed by atoms with E-state index in [1.54, 1.807) is 6.07 Å². The molecule has 0 bridgehead atoms. The van der Waals surface area contributed by atoms with E-state index in [-0.39, 0.29) is 18.5 Å². The minimum absolute atomic E-state index is 0.106. The second-order valence-corrected chi connectivity index (χ2v) is 6.72. The minimum Gasteiger partial charge on any atom is -0.406 e. The summed E-state index contributed by atoms with van der Waals surface area (Å²) in [5, 5.41) is 9.61. The molecule has 3 aromatic rings. The Morgan fingerprint density at radius 2 is 2.11 bits per heavy atom. The van der Waals surface area contributed by atoms with Gasteiger partial charge in [-0.15, -0.1) is 13.2 Å². The number of hydrogen-bond donors (Lipinski definition) is 1. The molecule has 1 aliphatic heterocycles. The number of aliphatic hydroxyl groups is 1. The molecule has 0 saturated carbocycles. The number of ether oxygens (including phenoxy) is 2. The predicted molar refractivity (Wildman–Crippen MR) is 96.3 cm³/mol. The van der Waals surface area contributed by atoms with E-state index in [0.29, 0.717) is 23.5 Å². The third kappa shape index (κ3) is 3.45. The molecular weight excluding hydrogens is 373 g/mol. The fourth-order valence-electron chi connectivity index (χ4n) is 3.61. The molecule has 1 unspecified atom stereocenters. The number of imidazole rings is 1. The molecule has 1 atom stereocenters. The van der Waals surface area contributed by atoms with E-state index in [1.807, 2.05) is 29.7 Å². The number of aliphatic hydroxyl groups excluding tert-OH is 1. The molecule has 2 heterocycles. The molecule has 8 heteroatoms. The number of nitrogens with zero attached hydrogens (tertiary/aromatic N) is 2. The molecule has 5 nitrogen and oxygen atoms in total. The normalized spacial score (nSPS) is 17.4. The summed E-state index contributed by atoms with van der Waals surface area (Å²) in [6, 6.07) is 9.68. The Bertz CT molecular complexity index is 1010. The number of aromatic nitrogens is 2. The largest absolute Gasteiger partial charge is 0.573 e. The van der Waals surface area contributed by atoms with Crippen LogP contribution in [-0.2, 0) is 11.3 Å². The molecule has 1 saturated heterocycles. The van der Waals surface area contributed by atoms with Crippen LogP contribution in [0.5, 0.6) is 5.75 Å². The fourth-order valence-corrected chi connectivity index (χ4v) is 3.61. The maximum absolute atomic E-state index is 12.6. The summed E-state index contributed by atoms with van der Waals surface area (Å²) >= 11 is 0. The molecule has 0 amide bonds. The summed E-state index contributed by atoms with van der Waals surface area (Å²) < 4.78 is 49.5. The number of halogens is 3. The van der Waals surface area contributed by atoms with Crippen LogP contribution in [-0.4, -0.2) is 27.6 Å². The van der Waals surface area contributed by atoms with Crippen molar-refractivity contribution in [2.24, 2.45) is 0 Å². The van der Waals surface area contributed by atoms with Crippen LogP contribution in [0.4, 0.5) is 13.2 Å². The molecule has 0 radical (unpaired) electrons. The average Bonchev–Trinajstić information content (AvgIpc) is 3.27. The second-order valence-electron chi connectivity index (χ2n) is 6.72. The maximum Gasteiger partial charge on any atom is 0.573 e. The van der Waals surface area contributed by atoms with Crippen LogP contribution in [0.15, 0.2) is 36.4 Å².